The Labute approximate surface area is 98.3 Å². The molecule has 0 bridgehead atoms. The summed E-state index contributed by atoms with van der Waals surface area (Å²) in [5.41, 5.74) is 0.467. The van der Waals surface area contributed by atoms with E-state index in [1.807, 2.05) is 0 Å². The zero-order chi connectivity index (χ0) is 12.4. The Bertz CT molecular complexity index is 440. The second kappa shape index (κ2) is 4.45. The van der Waals surface area contributed by atoms with Crippen LogP contribution in [-0.2, 0) is 4.79 Å². The molecule has 1 unspecified atom stereocenters. The van der Waals surface area contributed by atoms with Crippen molar-refractivity contribution in [1.82, 2.24) is 4.90 Å². The normalized spacial score (nSPS) is 19.3. The number of hydrogen-bond donors (Lipinski definition) is 2. The molecule has 0 radical (unpaired) electrons. The van der Waals surface area contributed by atoms with Gasteiger partial charge in [-0.25, -0.2) is 0 Å². The Morgan fingerprint density at radius 3 is 2.41 bits per heavy atom. The summed E-state index contributed by atoms with van der Waals surface area (Å²) in [6.07, 6.45) is 0.499. The topological polar surface area (TPSA) is 77.8 Å². The van der Waals surface area contributed by atoms with Crippen LogP contribution >= 0.6 is 0 Å². The molecule has 1 aromatic rings. The summed E-state index contributed by atoms with van der Waals surface area (Å²) < 4.78 is 0. The summed E-state index contributed by atoms with van der Waals surface area (Å²) in [7, 11) is 0. The average molecular weight is 235 g/mol. The van der Waals surface area contributed by atoms with Crippen LogP contribution in [0.4, 0.5) is 0 Å². The highest BCUT2D eigenvalue weighted by atomic mass is 16.4. The van der Waals surface area contributed by atoms with Crippen LogP contribution in [0.5, 0.6) is 5.75 Å². The lowest BCUT2D eigenvalue weighted by atomic mass is 10.1. The monoisotopic (exact) mass is 235 g/mol. The Balaban J connectivity index is 2.07. The largest absolute Gasteiger partial charge is 0.508 e. The maximum atomic E-state index is 12.0. The maximum Gasteiger partial charge on any atom is 0.308 e. The average Bonchev–Trinajstić information content (AvgIpc) is 2.78. The summed E-state index contributed by atoms with van der Waals surface area (Å²) in [5.74, 6) is -1.40. The fourth-order valence-electron chi connectivity index (χ4n) is 1.93. The molecule has 5 nitrogen and oxygen atoms in total. The van der Waals surface area contributed by atoms with Gasteiger partial charge in [-0.05, 0) is 30.7 Å². The van der Waals surface area contributed by atoms with Crippen LogP contribution in [0.3, 0.4) is 0 Å². The highest BCUT2D eigenvalue weighted by Crippen LogP contribution is 2.19. The van der Waals surface area contributed by atoms with E-state index in [4.69, 9.17) is 10.2 Å². The highest BCUT2D eigenvalue weighted by molar-refractivity contribution is 5.94. The number of benzene rings is 1. The zero-order valence-electron chi connectivity index (χ0n) is 9.17. The quantitative estimate of drug-likeness (QED) is 0.799. The molecule has 0 aromatic heterocycles. The number of aliphatic carboxylic acids is 1. The number of nitrogens with zero attached hydrogens (tertiary/aromatic N) is 1. The molecule has 2 N–H and O–H groups in total. The number of carboxylic acid groups (broad SMARTS) is 1. The number of hydrogen-bond acceptors (Lipinski definition) is 3. The SMILES string of the molecule is O=C(O)C1CCN(C(=O)c2ccc(O)cc2)C1. The summed E-state index contributed by atoms with van der Waals surface area (Å²) in [4.78, 5) is 24.3. The molecule has 1 atom stereocenters. The molecule has 0 spiro atoms. The third-order valence-corrected chi connectivity index (χ3v) is 2.94. The van der Waals surface area contributed by atoms with E-state index < -0.39 is 11.9 Å². The van der Waals surface area contributed by atoms with Crippen LogP contribution in [0.15, 0.2) is 24.3 Å². The van der Waals surface area contributed by atoms with Gasteiger partial charge in [0.15, 0.2) is 0 Å². The predicted molar refractivity (Wildman–Crippen MR) is 59.8 cm³/mol. The van der Waals surface area contributed by atoms with Crippen molar-refractivity contribution in [3.05, 3.63) is 29.8 Å². The number of likely N-dealkylation sites (tertiary alicyclic amines) is 1. The van der Waals surface area contributed by atoms with Gasteiger partial charge in [0.05, 0.1) is 5.92 Å². The van der Waals surface area contributed by atoms with Gasteiger partial charge in [0.2, 0.25) is 0 Å². The van der Waals surface area contributed by atoms with E-state index in [2.05, 4.69) is 0 Å². The van der Waals surface area contributed by atoms with E-state index in [9.17, 15) is 9.59 Å². The third kappa shape index (κ3) is 2.38. The van der Waals surface area contributed by atoms with E-state index in [0.717, 1.165) is 0 Å². The van der Waals surface area contributed by atoms with Crippen molar-refractivity contribution in [2.45, 2.75) is 6.42 Å². The van der Waals surface area contributed by atoms with Crippen LogP contribution in [0.1, 0.15) is 16.8 Å². The smallest absolute Gasteiger partial charge is 0.308 e. The van der Waals surface area contributed by atoms with Gasteiger partial charge >= 0.3 is 5.97 Å². The molecule has 1 aliphatic rings. The number of carbonyl (C=O) groups excluding carboxylic acids is 1. The molecule has 1 aliphatic heterocycles. The molecule has 0 aliphatic carbocycles. The summed E-state index contributed by atoms with van der Waals surface area (Å²) >= 11 is 0. The maximum absolute atomic E-state index is 12.0. The van der Waals surface area contributed by atoms with Gasteiger partial charge in [-0.3, -0.25) is 9.59 Å². The number of carboxylic acids is 1. The lowest BCUT2D eigenvalue weighted by Crippen LogP contribution is -2.29. The molecule has 1 amide bonds. The number of phenols is 1. The van der Waals surface area contributed by atoms with Gasteiger partial charge < -0.3 is 15.1 Å². The van der Waals surface area contributed by atoms with Crippen molar-refractivity contribution in [3.8, 4) is 5.75 Å². The van der Waals surface area contributed by atoms with E-state index >= 15 is 0 Å². The first-order chi connectivity index (χ1) is 8.08. The van der Waals surface area contributed by atoms with Crippen LogP contribution in [0.25, 0.3) is 0 Å². The second-order valence-electron chi connectivity index (χ2n) is 4.12. The van der Waals surface area contributed by atoms with Gasteiger partial charge in [-0.1, -0.05) is 0 Å². The highest BCUT2D eigenvalue weighted by Gasteiger charge is 2.31. The third-order valence-electron chi connectivity index (χ3n) is 2.94. The van der Waals surface area contributed by atoms with Gasteiger partial charge in [0, 0.05) is 18.7 Å². The van der Waals surface area contributed by atoms with E-state index in [1.54, 1.807) is 0 Å². The fourth-order valence-corrected chi connectivity index (χ4v) is 1.93. The summed E-state index contributed by atoms with van der Waals surface area (Å²) in [5, 5.41) is 18.0. The summed E-state index contributed by atoms with van der Waals surface area (Å²) in [6.45, 7) is 0.728. The number of rotatable bonds is 2. The van der Waals surface area contributed by atoms with Crippen molar-refractivity contribution in [1.29, 1.82) is 0 Å². The number of aromatic hydroxyl groups is 1. The van der Waals surface area contributed by atoms with E-state index in [1.165, 1.54) is 29.2 Å². The lowest BCUT2D eigenvalue weighted by Gasteiger charge is -2.15. The first-order valence-electron chi connectivity index (χ1n) is 5.39. The molecular formula is C12H13NO4. The molecule has 5 heteroatoms. The predicted octanol–water partition coefficient (Wildman–Crippen LogP) is 0.939. The molecule has 1 fully saturated rings. The van der Waals surface area contributed by atoms with E-state index in [-0.39, 0.29) is 18.2 Å². The van der Waals surface area contributed by atoms with Gasteiger partial charge in [0.1, 0.15) is 5.75 Å². The standard InChI is InChI=1S/C12H13NO4/c14-10-3-1-8(2-4-10)11(15)13-6-5-9(7-13)12(16)17/h1-4,9,14H,5-7H2,(H,16,17). The molecule has 1 saturated heterocycles. The first-order valence-corrected chi connectivity index (χ1v) is 5.39. The fraction of sp³-hybridized carbons (Fsp3) is 0.333. The van der Waals surface area contributed by atoms with Crippen LogP contribution in [-0.4, -0.2) is 40.1 Å². The van der Waals surface area contributed by atoms with Gasteiger partial charge in [-0.2, -0.15) is 0 Å². The lowest BCUT2D eigenvalue weighted by molar-refractivity contribution is -0.141. The molecule has 17 heavy (non-hydrogen) atoms. The minimum atomic E-state index is -0.856. The minimum Gasteiger partial charge on any atom is -0.508 e. The second-order valence-corrected chi connectivity index (χ2v) is 4.12. The van der Waals surface area contributed by atoms with Crippen molar-refractivity contribution in [2.75, 3.05) is 13.1 Å². The van der Waals surface area contributed by atoms with Crippen LogP contribution < -0.4 is 0 Å². The van der Waals surface area contributed by atoms with E-state index in [0.29, 0.717) is 18.5 Å². The molecule has 0 saturated carbocycles. The number of phenolic OH excluding ortho intramolecular Hbond substituents is 1. The first kappa shape index (κ1) is 11.4. The Morgan fingerprint density at radius 2 is 1.88 bits per heavy atom. The van der Waals surface area contributed by atoms with Crippen LogP contribution in [0.2, 0.25) is 0 Å². The molecule has 2 rings (SSSR count). The molecule has 1 aromatic carbocycles. The molecule has 90 valence electrons. The Kier molecular flexibility index (Phi) is 2.99. The zero-order valence-corrected chi connectivity index (χ0v) is 9.17. The summed E-state index contributed by atoms with van der Waals surface area (Å²) in [6, 6.07) is 5.95. The van der Waals surface area contributed by atoms with Crippen molar-refractivity contribution in [2.24, 2.45) is 5.92 Å². The molecular weight excluding hydrogens is 222 g/mol. The van der Waals surface area contributed by atoms with Crippen LogP contribution in [0, 0.1) is 5.92 Å². The van der Waals surface area contributed by atoms with Crippen molar-refractivity contribution >= 4 is 11.9 Å². The van der Waals surface area contributed by atoms with Gasteiger partial charge in [0.25, 0.3) is 5.91 Å². The van der Waals surface area contributed by atoms with Crippen molar-refractivity contribution in [3.63, 3.8) is 0 Å². The Morgan fingerprint density at radius 1 is 1.24 bits per heavy atom. The minimum absolute atomic E-state index is 0.103. The van der Waals surface area contributed by atoms with Gasteiger partial charge in [-0.15, -0.1) is 0 Å². The number of amides is 1. The van der Waals surface area contributed by atoms with Crippen molar-refractivity contribution < 1.29 is 19.8 Å². The molecule has 1 heterocycles. The Hall–Kier alpha value is -2.04. The number of carbonyl (C=O) groups is 2.